The van der Waals surface area contributed by atoms with Crippen LogP contribution in [0.2, 0.25) is 10.0 Å². The van der Waals surface area contributed by atoms with E-state index in [0.29, 0.717) is 35.2 Å². The van der Waals surface area contributed by atoms with Gasteiger partial charge in [0, 0.05) is 49.9 Å². The van der Waals surface area contributed by atoms with E-state index in [4.69, 9.17) is 23.2 Å². The largest absolute Gasteiger partial charge is 0.368 e. The number of aryl methyl sites for hydroxylation is 1. The number of benzene rings is 2. The second kappa shape index (κ2) is 10.3. The molecule has 9 heteroatoms. The summed E-state index contributed by atoms with van der Waals surface area (Å²) in [6.45, 7) is 7.27. The van der Waals surface area contributed by atoms with Crippen LogP contribution >= 0.6 is 23.2 Å². The summed E-state index contributed by atoms with van der Waals surface area (Å²) in [5, 5.41) is 0.699. The fourth-order valence-corrected chi connectivity index (χ4v) is 5.35. The highest BCUT2D eigenvalue weighted by Crippen LogP contribution is 2.31. The van der Waals surface area contributed by atoms with Gasteiger partial charge in [-0.2, -0.15) is 0 Å². The molecule has 0 bridgehead atoms. The van der Waals surface area contributed by atoms with E-state index in [2.05, 4.69) is 36.9 Å². The number of nitrogens with zero attached hydrogens (tertiary/aromatic N) is 3. The maximum atomic E-state index is 12.7. The fourth-order valence-electron chi connectivity index (χ4n) is 3.95. The van der Waals surface area contributed by atoms with Gasteiger partial charge in [-0.25, -0.2) is 8.42 Å². The van der Waals surface area contributed by atoms with Gasteiger partial charge in [-0.3, -0.25) is 9.10 Å². The van der Waals surface area contributed by atoms with Crippen LogP contribution in [0, 0.1) is 13.8 Å². The lowest BCUT2D eigenvalue weighted by molar-refractivity contribution is -0.131. The second-order valence-corrected chi connectivity index (χ2v) is 10.9. The predicted octanol–water partition coefficient (Wildman–Crippen LogP) is 4.51. The lowest BCUT2D eigenvalue weighted by Gasteiger charge is -2.37. The molecular formula is C23H29Cl2N3O3S. The number of hydrogen-bond acceptors (Lipinski definition) is 4. The highest BCUT2D eigenvalue weighted by Gasteiger charge is 2.24. The van der Waals surface area contributed by atoms with E-state index in [0.717, 1.165) is 19.3 Å². The maximum Gasteiger partial charge on any atom is 0.232 e. The van der Waals surface area contributed by atoms with Gasteiger partial charge in [0.1, 0.15) is 0 Å². The second-order valence-electron chi connectivity index (χ2n) is 8.12. The van der Waals surface area contributed by atoms with E-state index in [9.17, 15) is 13.2 Å². The zero-order chi connectivity index (χ0) is 23.5. The Labute approximate surface area is 200 Å². The predicted molar refractivity (Wildman–Crippen MR) is 133 cm³/mol. The van der Waals surface area contributed by atoms with Crippen molar-refractivity contribution in [3.8, 4) is 0 Å². The monoisotopic (exact) mass is 497 g/mol. The number of rotatable bonds is 7. The summed E-state index contributed by atoms with van der Waals surface area (Å²) in [5.74, 6) is 0.0382. The lowest BCUT2D eigenvalue weighted by Crippen LogP contribution is -2.49. The van der Waals surface area contributed by atoms with Crippen molar-refractivity contribution < 1.29 is 13.2 Å². The first-order valence-electron chi connectivity index (χ1n) is 10.6. The van der Waals surface area contributed by atoms with E-state index >= 15 is 0 Å². The van der Waals surface area contributed by atoms with Gasteiger partial charge in [0.05, 0.1) is 17.0 Å². The van der Waals surface area contributed by atoms with Crippen LogP contribution in [0.5, 0.6) is 0 Å². The summed E-state index contributed by atoms with van der Waals surface area (Å²) in [5.41, 5.74) is 4.08. The Bertz CT molecular complexity index is 1080. The van der Waals surface area contributed by atoms with Crippen LogP contribution in [-0.2, 0) is 14.8 Å². The maximum absolute atomic E-state index is 12.7. The van der Waals surface area contributed by atoms with E-state index in [1.54, 1.807) is 12.1 Å². The van der Waals surface area contributed by atoms with Crippen molar-refractivity contribution in [2.45, 2.75) is 26.7 Å². The first kappa shape index (κ1) is 24.7. The molecule has 0 unspecified atom stereocenters. The van der Waals surface area contributed by atoms with E-state index in [1.165, 1.54) is 27.2 Å². The minimum absolute atomic E-state index is 0.0382. The van der Waals surface area contributed by atoms with Crippen LogP contribution in [-0.4, -0.2) is 58.2 Å². The summed E-state index contributed by atoms with van der Waals surface area (Å²) < 4.78 is 25.9. The molecule has 0 radical (unpaired) electrons. The van der Waals surface area contributed by atoms with Gasteiger partial charge >= 0.3 is 0 Å². The third-order valence-electron chi connectivity index (χ3n) is 5.88. The number of halogens is 2. The number of amides is 1. The van der Waals surface area contributed by atoms with Crippen LogP contribution in [0.15, 0.2) is 36.4 Å². The van der Waals surface area contributed by atoms with Gasteiger partial charge in [-0.1, -0.05) is 35.3 Å². The van der Waals surface area contributed by atoms with Crippen molar-refractivity contribution in [2.24, 2.45) is 0 Å². The SMILES string of the molecule is Cc1cccc(N2CCN(C(=O)CCCN(c3cc(Cl)ccc3Cl)S(C)(=O)=O)CC2)c1C. The molecule has 3 rings (SSSR count). The lowest BCUT2D eigenvalue weighted by atomic mass is 10.1. The molecule has 1 saturated heterocycles. The average molecular weight is 498 g/mol. The Kier molecular flexibility index (Phi) is 7.96. The third-order valence-corrected chi connectivity index (χ3v) is 7.61. The molecule has 1 amide bonds. The topological polar surface area (TPSA) is 60.9 Å². The Balaban J connectivity index is 1.56. The summed E-state index contributed by atoms with van der Waals surface area (Å²) in [7, 11) is -3.57. The molecule has 32 heavy (non-hydrogen) atoms. The van der Waals surface area contributed by atoms with Gasteiger partial charge in [-0.15, -0.1) is 0 Å². The van der Waals surface area contributed by atoms with Crippen molar-refractivity contribution in [3.05, 3.63) is 57.6 Å². The Morgan fingerprint density at radius 1 is 1.06 bits per heavy atom. The third kappa shape index (κ3) is 5.88. The molecule has 1 fully saturated rings. The normalized spacial score (nSPS) is 14.5. The molecule has 0 N–H and O–H groups in total. The Morgan fingerprint density at radius 2 is 1.75 bits per heavy atom. The van der Waals surface area contributed by atoms with Gasteiger partial charge in [0.15, 0.2) is 0 Å². The van der Waals surface area contributed by atoms with Crippen molar-refractivity contribution in [2.75, 3.05) is 48.2 Å². The number of carbonyl (C=O) groups is 1. The summed E-state index contributed by atoms with van der Waals surface area (Å²) in [6, 6.07) is 11.0. The highest BCUT2D eigenvalue weighted by atomic mass is 35.5. The Morgan fingerprint density at radius 3 is 2.41 bits per heavy atom. The molecule has 6 nitrogen and oxygen atoms in total. The highest BCUT2D eigenvalue weighted by molar-refractivity contribution is 7.92. The molecule has 0 aliphatic carbocycles. The molecule has 1 heterocycles. The molecule has 0 atom stereocenters. The van der Waals surface area contributed by atoms with Crippen molar-refractivity contribution in [1.29, 1.82) is 0 Å². The van der Waals surface area contributed by atoms with E-state index in [-0.39, 0.29) is 18.9 Å². The molecule has 2 aromatic rings. The quantitative estimate of drug-likeness (QED) is 0.564. The first-order valence-corrected chi connectivity index (χ1v) is 13.2. The van der Waals surface area contributed by atoms with Crippen LogP contribution in [0.4, 0.5) is 11.4 Å². The molecule has 0 saturated carbocycles. The van der Waals surface area contributed by atoms with Crippen LogP contribution in [0.25, 0.3) is 0 Å². The first-order chi connectivity index (χ1) is 15.1. The number of carbonyl (C=O) groups excluding carboxylic acids is 1. The standard InChI is InChI=1S/C23H29Cl2N3O3S/c1-17-6-4-7-21(18(17)2)26-12-14-27(15-13-26)23(29)8-5-11-28(32(3,30)31)22-16-19(24)9-10-20(22)25/h4,6-7,9-10,16H,5,8,11-15H2,1-3H3. The molecular weight excluding hydrogens is 469 g/mol. The molecule has 2 aromatic carbocycles. The van der Waals surface area contributed by atoms with Crippen molar-refractivity contribution >= 4 is 50.5 Å². The number of sulfonamides is 1. The van der Waals surface area contributed by atoms with Gasteiger partial charge in [0.2, 0.25) is 15.9 Å². The molecule has 174 valence electrons. The number of anilines is 2. The minimum atomic E-state index is -3.57. The Hall–Kier alpha value is -1.96. The summed E-state index contributed by atoms with van der Waals surface area (Å²) in [4.78, 5) is 16.9. The van der Waals surface area contributed by atoms with Crippen molar-refractivity contribution in [3.63, 3.8) is 0 Å². The zero-order valence-corrected chi connectivity index (χ0v) is 21.0. The molecule has 1 aliphatic heterocycles. The fraction of sp³-hybridized carbons (Fsp3) is 0.435. The van der Waals surface area contributed by atoms with Crippen LogP contribution in [0.3, 0.4) is 0 Å². The van der Waals surface area contributed by atoms with Crippen LogP contribution in [0.1, 0.15) is 24.0 Å². The summed E-state index contributed by atoms with van der Waals surface area (Å²) in [6.07, 6.45) is 1.79. The van der Waals surface area contributed by atoms with Gasteiger partial charge in [-0.05, 0) is 55.7 Å². The summed E-state index contributed by atoms with van der Waals surface area (Å²) >= 11 is 12.2. The molecule has 1 aliphatic rings. The van der Waals surface area contributed by atoms with Crippen molar-refractivity contribution in [1.82, 2.24) is 4.90 Å². The van der Waals surface area contributed by atoms with E-state index in [1.807, 2.05) is 4.90 Å². The minimum Gasteiger partial charge on any atom is -0.368 e. The van der Waals surface area contributed by atoms with E-state index < -0.39 is 10.0 Å². The smallest absolute Gasteiger partial charge is 0.232 e. The van der Waals surface area contributed by atoms with Gasteiger partial charge in [0.25, 0.3) is 0 Å². The van der Waals surface area contributed by atoms with Crippen LogP contribution < -0.4 is 9.21 Å². The molecule has 0 spiro atoms. The number of hydrogen-bond donors (Lipinski definition) is 0. The van der Waals surface area contributed by atoms with Gasteiger partial charge < -0.3 is 9.80 Å². The number of piperazine rings is 1. The molecule has 0 aromatic heterocycles. The average Bonchev–Trinajstić information content (AvgIpc) is 2.74. The zero-order valence-electron chi connectivity index (χ0n) is 18.6.